The van der Waals surface area contributed by atoms with E-state index in [1.807, 2.05) is 18.2 Å². The van der Waals surface area contributed by atoms with E-state index in [2.05, 4.69) is 34.4 Å². The fourth-order valence-electron chi connectivity index (χ4n) is 4.82. The van der Waals surface area contributed by atoms with Gasteiger partial charge in [-0.2, -0.15) is 0 Å². The number of hydrogen-bond donors (Lipinski definition) is 1. The minimum atomic E-state index is -0.253. The first kappa shape index (κ1) is 18.7. The highest BCUT2D eigenvalue weighted by atomic mass is 35.5. The van der Waals surface area contributed by atoms with Gasteiger partial charge in [0, 0.05) is 24.5 Å². The molecule has 1 saturated carbocycles. The number of nitrogens with zero attached hydrogens (tertiary/aromatic N) is 2. The molecule has 1 aromatic heterocycles. The van der Waals surface area contributed by atoms with Crippen LogP contribution in [0.25, 0.3) is 0 Å². The second-order valence-electron chi connectivity index (χ2n) is 7.72. The predicted molar refractivity (Wildman–Crippen MR) is 108 cm³/mol. The molecule has 2 bridgehead atoms. The Kier molecular flexibility index (Phi) is 5.15. The summed E-state index contributed by atoms with van der Waals surface area (Å²) < 4.78 is 0. The van der Waals surface area contributed by atoms with Gasteiger partial charge in [0.2, 0.25) is 0 Å². The van der Waals surface area contributed by atoms with E-state index in [1.165, 1.54) is 25.2 Å². The average molecular weight is 404 g/mol. The topological polar surface area (TPSA) is 45.2 Å². The van der Waals surface area contributed by atoms with Gasteiger partial charge in [-0.05, 0) is 44.2 Å². The van der Waals surface area contributed by atoms with Crippen molar-refractivity contribution in [3.8, 4) is 0 Å². The molecule has 27 heavy (non-hydrogen) atoms. The van der Waals surface area contributed by atoms with Crippen LogP contribution in [-0.2, 0) is 0 Å². The van der Waals surface area contributed by atoms with Crippen LogP contribution in [0.5, 0.6) is 0 Å². The van der Waals surface area contributed by atoms with Crippen molar-refractivity contribution in [1.82, 2.24) is 15.2 Å². The van der Waals surface area contributed by atoms with E-state index in [1.54, 1.807) is 0 Å². The molecule has 3 aliphatic rings. The summed E-state index contributed by atoms with van der Waals surface area (Å²) in [5.41, 5.74) is 1.31. The molecule has 3 heterocycles. The van der Waals surface area contributed by atoms with Crippen LogP contribution in [-0.4, -0.2) is 34.9 Å². The zero-order chi connectivity index (χ0) is 19.0. The van der Waals surface area contributed by atoms with Crippen LogP contribution in [0.1, 0.15) is 47.6 Å². The Morgan fingerprint density at radius 2 is 1.81 bits per heavy atom. The van der Waals surface area contributed by atoms with Gasteiger partial charge in [-0.25, -0.2) is 0 Å². The van der Waals surface area contributed by atoms with E-state index < -0.39 is 0 Å². The largest absolute Gasteiger partial charge is 0.343 e. The molecule has 1 unspecified atom stereocenters. The van der Waals surface area contributed by atoms with Gasteiger partial charge in [0.05, 0.1) is 21.7 Å². The van der Waals surface area contributed by atoms with Crippen LogP contribution in [0.15, 0.2) is 42.7 Å². The zero-order valence-corrected chi connectivity index (χ0v) is 16.8. The number of likely N-dealkylation sites (N-methyl/N-ethyl adjacent to an activating group) is 1. The van der Waals surface area contributed by atoms with E-state index in [-0.39, 0.29) is 33.1 Å². The average Bonchev–Trinajstić information content (AvgIpc) is 2.67. The summed E-state index contributed by atoms with van der Waals surface area (Å²) >= 11 is 12.5. The van der Waals surface area contributed by atoms with Gasteiger partial charge in [-0.1, -0.05) is 53.5 Å². The summed E-state index contributed by atoms with van der Waals surface area (Å²) in [6, 6.07) is 10.1. The van der Waals surface area contributed by atoms with Crippen LogP contribution < -0.4 is 5.32 Å². The van der Waals surface area contributed by atoms with E-state index >= 15 is 0 Å². The van der Waals surface area contributed by atoms with Crippen LogP contribution >= 0.6 is 23.2 Å². The lowest BCUT2D eigenvalue weighted by Crippen LogP contribution is -2.62. The van der Waals surface area contributed by atoms with Crippen LogP contribution in [0, 0.1) is 5.92 Å². The minimum Gasteiger partial charge on any atom is -0.343 e. The number of piperidine rings is 2. The Morgan fingerprint density at radius 1 is 1.19 bits per heavy atom. The molecule has 6 heteroatoms. The molecule has 2 aliphatic heterocycles. The molecular weight excluding hydrogens is 381 g/mol. The van der Waals surface area contributed by atoms with E-state index in [4.69, 9.17) is 23.2 Å². The van der Waals surface area contributed by atoms with Crippen molar-refractivity contribution in [2.75, 3.05) is 13.6 Å². The molecule has 142 valence electrons. The number of nitrogens with one attached hydrogen (secondary N) is 1. The number of fused-ring (bicyclic) bond motifs is 3. The summed E-state index contributed by atoms with van der Waals surface area (Å²) in [5, 5.41) is 3.81. The standard InChI is InChI=1S/C21H23Cl2N3O/c1-26-13-14-7-9-21(26,10-8-14)19(15-5-3-2-4-6-15)25-20(27)18-16(22)11-24-12-17(18)23/h2-6,11-12,14,19H,7-10,13H2,1H3,(H,25,27). The van der Waals surface area contributed by atoms with Crippen molar-refractivity contribution in [2.45, 2.75) is 37.3 Å². The highest BCUT2D eigenvalue weighted by molar-refractivity contribution is 6.39. The second-order valence-corrected chi connectivity index (χ2v) is 8.54. The lowest BCUT2D eigenvalue weighted by atomic mass is 9.66. The molecule has 2 saturated heterocycles. The monoisotopic (exact) mass is 403 g/mol. The normalized spacial score (nSPS) is 26.0. The molecule has 2 aromatic rings. The third-order valence-corrected chi connectivity index (χ3v) is 6.86. The fourth-order valence-corrected chi connectivity index (χ4v) is 5.36. The van der Waals surface area contributed by atoms with E-state index in [0.29, 0.717) is 0 Å². The molecule has 0 spiro atoms. The van der Waals surface area contributed by atoms with Gasteiger partial charge < -0.3 is 5.32 Å². The van der Waals surface area contributed by atoms with Gasteiger partial charge in [0.1, 0.15) is 0 Å². The summed E-state index contributed by atoms with van der Waals surface area (Å²) in [7, 11) is 2.18. The molecule has 1 N–H and O–H groups in total. The highest BCUT2D eigenvalue weighted by Crippen LogP contribution is 2.49. The molecular formula is C21H23Cl2N3O. The number of halogens is 2. The van der Waals surface area contributed by atoms with Gasteiger partial charge in [0.25, 0.3) is 5.91 Å². The Balaban J connectivity index is 1.72. The maximum Gasteiger partial charge on any atom is 0.254 e. The molecule has 1 amide bonds. The smallest absolute Gasteiger partial charge is 0.254 e. The molecule has 1 aromatic carbocycles. The summed E-state index contributed by atoms with van der Waals surface area (Å²) in [5.74, 6) is 0.518. The van der Waals surface area contributed by atoms with Crippen molar-refractivity contribution in [1.29, 1.82) is 0 Å². The van der Waals surface area contributed by atoms with Crippen molar-refractivity contribution >= 4 is 29.1 Å². The van der Waals surface area contributed by atoms with Gasteiger partial charge in [-0.3, -0.25) is 14.7 Å². The summed E-state index contributed by atoms with van der Waals surface area (Å²) in [6.07, 6.45) is 7.48. The lowest BCUT2D eigenvalue weighted by Gasteiger charge is -2.57. The van der Waals surface area contributed by atoms with Crippen LogP contribution in [0.4, 0.5) is 0 Å². The summed E-state index contributed by atoms with van der Waals surface area (Å²) in [4.78, 5) is 19.6. The number of benzene rings is 1. The molecule has 4 nitrogen and oxygen atoms in total. The maximum atomic E-state index is 13.2. The number of aromatic nitrogens is 1. The first-order valence-corrected chi connectivity index (χ1v) is 10.1. The SMILES string of the molecule is CN1CC2CCC1(C(NC(=O)c1c(Cl)cncc1Cl)c1ccccc1)CC2. The fraction of sp³-hybridized carbons (Fsp3) is 0.429. The zero-order valence-electron chi connectivity index (χ0n) is 15.3. The minimum absolute atomic E-state index is 0.0856. The Bertz CT molecular complexity index is 814. The number of carbonyl (C=O) groups is 1. The van der Waals surface area contributed by atoms with E-state index in [0.717, 1.165) is 30.9 Å². The number of amides is 1. The van der Waals surface area contributed by atoms with Gasteiger partial charge in [-0.15, -0.1) is 0 Å². The van der Waals surface area contributed by atoms with Gasteiger partial charge in [0.15, 0.2) is 0 Å². The van der Waals surface area contributed by atoms with E-state index in [9.17, 15) is 4.79 Å². The maximum absolute atomic E-state index is 13.2. The molecule has 5 rings (SSSR count). The van der Waals surface area contributed by atoms with Crippen LogP contribution in [0.2, 0.25) is 10.0 Å². The number of rotatable bonds is 4. The Labute approximate surface area is 169 Å². The van der Waals surface area contributed by atoms with Crippen LogP contribution in [0.3, 0.4) is 0 Å². The van der Waals surface area contributed by atoms with Crippen molar-refractivity contribution in [2.24, 2.45) is 5.92 Å². The summed E-state index contributed by atoms with van der Waals surface area (Å²) in [6.45, 7) is 1.08. The molecule has 1 aliphatic carbocycles. The quantitative estimate of drug-likeness (QED) is 0.801. The Morgan fingerprint density at radius 3 is 2.41 bits per heavy atom. The first-order valence-electron chi connectivity index (χ1n) is 9.37. The number of pyridine rings is 1. The molecule has 3 fully saturated rings. The van der Waals surface area contributed by atoms with Gasteiger partial charge >= 0.3 is 0 Å². The Hall–Kier alpha value is -1.62. The number of hydrogen-bond acceptors (Lipinski definition) is 3. The van der Waals surface area contributed by atoms with Crippen molar-refractivity contribution in [3.63, 3.8) is 0 Å². The number of carbonyl (C=O) groups excluding carboxylic acids is 1. The predicted octanol–water partition coefficient (Wildman–Crippen LogP) is 4.73. The third-order valence-electron chi connectivity index (χ3n) is 6.29. The molecule has 0 radical (unpaired) electrons. The highest BCUT2D eigenvalue weighted by Gasteiger charge is 2.50. The first-order chi connectivity index (χ1) is 13.0. The third kappa shape index (κ3) is 3.35. The molecule has 1 atom stereocenters. The van der Waals surface area contributed by atoms with Crippen molar-refractivity contribution in [3.05, 3.63) is 63.9 Å². The lowest BCUT2D eigenvalue weighted by molar-refractivity contribution is -0.0404. The van der Waals surface area contributed by atoms with Crippen molar-refractivity contribution < 1.29 is 4.79 Å². The second kappa shape index (κ2) is 7.42.